The van der Waals surface area contributed by atoms with Crippen LogP contribution in [0.15, 0.2) is 188 Å². The summed E-state index contributed by atoms with van der Waals surface area (Å²) < 4.78 is 2.42. The Labute approximate surface area is 350 Å². The fraction of sp³-hybridized carbons (Fsp3) is 0.140. The quantitative estimate of drug-likeness (QED) is 0.152. The van der Waals surface area contributed by atoms with E-state index in [0.29, 0.717) is 0 Å². The van der Waals surface area contributed by atoms with Gasteiger partial charge in [-0.05, 0) is 129 Å². The molecule has 0 N–H and O–H groups in total. The molecular formula is C57H42N2S. The van der Waals surface area contributed by atoms with Crippen LogP contribution in [-0.2, 0) is 5.41 Å². The Morgan fingerprint density at radius 3 is 1.63 bits per heavy atom. The molecule has 4 aliphatic rings. The molecule has 0 aliphatic carbocycles. The Kier molecular flexibility index (Phi) is 6.69. The summed E-state index contributed by atoms with van der Waals surface area (Å²) in [5.41, 5.74) is 11.2. The summed E-state index contributed by atoms with van der Waals surface area (Å²) >= 11 is 0. The first-order valence-electron chi connectivity index (χ1n) is 21.7. The average Bonchev–Trinajstić information content (AvgIpc) is 3.93. The van der Waals surface area contributed by atoms with E-state index in [-0.39, 0.29) is 5.41 Å². The Balaban J connectivity index is 0.975. The monoisotopic (exact) mass is 786 g/mol. The number of rotatable bonds is 6. The van der Waals surface area contributed by atoms with Crippen molar-refractivity contribution in [2.45, 2.75) is 46.8 Å². The zero-order chi connectivity index (χ0) is 39.2. The van der Waals surface area contributed by atoms with Crippen LogP contribution in [0.3, 0.4) is 0 Å². The molecule has 2 saturated heterocycles. The minimum absolute atomic E-state index is 0.0404. The Hall–Kier alpha value is -6.51. The van der Waals surface area contributed by atoms with Crippen LogP contribution in [0.2, 0.25) is 0 Å². The smallest absolute Gasteiger partial charge is 0.0578 e. The molecule has 14 rings (SSSR count). The third kappa shape index (κ3) is 4.36. The molecule has 2 fully saturated rings. The second-order valence-corrected chi connectivity index (χ2v) is 21.6. The van der Waals surface area contributed by atoms with Crippen molar-refractivity contribution in [2.75, 3.05) is 4.90 Å². The van der Waals surface area contributed by atoms with Crippen molar-refractivity contribution in [3.05, 3.63) is 194 Å². The van der Waals surface area contributed by atoms with E-state index in [4.69, 9.17) is 0 Å². The van der Waals surface area contributed by atoms with Gasteiger partial charge in [0.25, 0.3) is 0 Å². The summed E-state index contributed by atoms with van der Waals surface area (Å²) in [6.45, 7) is 0. The van der Waals surface area contributed by atoms with Crippen LogP contribution in [0.4, 0.5) is 17.1 Å². The minimum Gasteiger partial charge on any atom is -0.310 e. The molecule has 0 unspecified atom stereocenters. The maximum absolute atomic E-state index is 4.48. The van der Waals surface area contributed by atoms with E-state index < -0.39 is 9.44 Å². The van der Waals surface area contributed by atoms with Gasteiger partial charge in [-0.2, -0.15) is 9.44 Å². The molecule has 10 aromatic rings. The summed E-state index contributed by atoms with van der Waals surface area (Å²) in [5, 5.41) is 17.6. The van der Waals surface area contributed by atoms with Gasteiger partial charge >= 0.3 is 0 Å². The van der Waals surface area contributed by atoms with Gasteiger partial charge in [-0.25, -0.2) is 0 Å². The topological polar surface area (TPSA) is 8.17 Å². The van der Waals surface area contributed by atoms with Crippen molar-refractivity contribution in [3.8, 4) is 22.0 Å². The molecule has 5 heterocycles. The van der Waals surface area contributed by atoms with E-state index >= 15 is 0 Å². The van der Waals surface area contributed by atoms with E-state index in [2.05, 4.69) is 203 Å². The van der Waals surface area contributed by atoms with Crippen LogP contribution >= 0.6 is 9.44 Å². The molecule has 0 radical (unpaired) electrons. The highest BCUT2D eigenvalue weighted by atomic mass is 32.2. The lowest BCUT2D eigenvalue weighted by Gasteiger charge is -2.64. The molecule has 1 spiro atoms. The molecule has 3 heteroatoms. The number of nitrogens with zero attached hydrogens (tertiary/aromatic N) is 2. The molecule has 9 aromatic carbocycles. The Bertz CT molecular complexity index is 3500. The fourth-order valence-electron chi connectivity index (χ4n) is 12.5. The number of fused-ring (bicyclic) bond motifs is 10. The van der Waals surface area contributed by atoms with Gasteiger partial charge in [0.05, 0.1) is 22.1 Å². The van der Waals surface area contributed by atoms with Crippen molar-refractivity contribution in [1.29, 1.82) is 0 Å². The minimum atomic E-state index is -0.663. The fourth-order valence-corrected chi connectivity index (χ4v) is 18.2. The highest BCUT2D eigenvalue weighted by Gasteiger charge is 2.67. The third-order valence-corrected chi connectivity index (χ3v) is 20.2. The van der Waals surface area contributed by atoms with Crippen LogP contribution in [0.5, 0.6) is 0 Å². The van der Waals surface area contributed by atoms with Crippen LogP contribution in [-0.4, -0.2) is 20.3 Å². The number of hydrogen-bond donors (Lipinski definition) is 0. The molecule has 0 saturated carbocycles. The molecule has 286 valence electrons. The molecular weight excluding hydrogens is 745 g/mol. The molecule has 2 atom stereocenters. The summed E-state index contributed by atoms with van der Waals surface area (Å²) in [7, 11) is -0.663. The number of anilines is 3. The van der Waals surface area contributed by atoms with Gasteiger partial charge in [-0.1, -0.05) is 133 Å². The molecule has 60 heavy (non-hydrogen) atoms. The highest BCUT2D eigenvalue weighted by Crippen LogP contribution is 2.82. The predicted molar refractivity (Wildman–Crippen MR) is 256 cm³/mol. The molecule has 1 aromatic heterocycles. The second kappa shape index (κ2) is 12.0. The van der Waals surface area contributed by atoms with E-state index in [9.17, 15) is 0 Å². The largest absolute Gasteiger partial charge is 0.310 e. The van der Waals surface area contributed by atoms with Gasteiger partial charge in [-0.3, -0.25) is 0 Å². The van der Waals surface area contributed by atoms with Crippen LogP contribution in [0, 0.1) is 5.18 Å². The van der Waals surface area contributed by atoms with Crippen LogP contribution in [0.25, 0.3) is 70.9 Å². The van der Waals surface area contributed by atoms with E-state index in [1.54, 1.807) is 0 Å². The van der Waals surface area contributed by atoms with Gasteiger partial charge < -0.3 is 9.47 Å². The maximum Gasteiger partial charge on any atom is 0.0578 e. The Morgan fingerprint density at radius 2 is 0.983 bits per heavy atom. The van der Waals surface area contributed by atoms with Crippen LogP contribution in [0.1, 0.15) is 31.2 Å². The number of para-hydroxylation sites is 3. The number of benzene rings is 9. The summed E-state index contributed by atoms with van der Waals surface area (Å²) in [6.07, 6.45) is 5.44. The van der Waals surface area contributed by atoms with Crippen molar-refractivity contribution in [3.63, 3.8) is 0 Å². The van der Waals surface area contributed by atoms with Crippen LogP contribution < -0.4 is 4.90 Å². The van der Waals surface area contributed by atoms with Crippen molar-refractivity contribution >= 4 is 80.6 Å². The first-order chi connectivity index (χ1) is 29.7. The summed E-state index contributed by atoms with van der Waals surface area (Å²) in [4.78, 5) is 2.58. The average molecular weight is 787 g/mol. The lowest BCUT2D eigenvalue weighted by molar-refractivity contribution is 0.359. The standard InChI is InChI=1S/C57H42N2S/c1-2-19-47-45(17-1)46-18-3-4-20-48(46)52-31-41(27-28-49(47)52)58(56-26-10-7-23-53(56)57-34-43-32-42-33-44(35-57)60(42,43)36-57)39-15-11-13-37(29-39)38-14-12-16-40(30-38)59-54-24-8-5-21-50(54)51-22-6-9-25-55(51)59/h1-31,42-44H,32-35H2/t42?,43-,44-,57?/m0/s1. The first-order valence-corrected chi connectivity index (χ1v) is 23.5. The predicted octanol–water partition coefficient (Wildman–Crippen LogP) is 15.1. The number of hydrogen-bond acceptors (Lipinski definition) is 1. The summed E-state index contributed by atoms with van der Waals surface area (Å²) in [5.74, 6) is 0. The molecule has 2 nitrogen and oxygen atoms in total. The highest BCUT2D eigenvalue weighted by molar-refractivity contribution is 8.28. The second-order valence-electron chi connectivity index (χ2n) is 17.8. The zero-order valence-corrected chi connectivity index (χ0v) is 34.1. The van der Waals surface area contributed by atoms with Crippen molar-refractivity contribution in [1.82, 2.24) is 4.57 Å². The lowest BCUT2D eigenvalue weighted by atomic mass is 9.71. The van der Waals surface area contributed by atoms with Gasteiger partial charge in [0.1, 0.15) is 0 Å². The van der Waals surface area contributed by atoms with Gasteiger partial charge in [0, 0.05) is 43.6 Å². The molecule has 4 aliphatic heterocycles. The maximum atomic E-state index is 4.48. The van der Waals surface area contributed by atoms with E-state index in [1.807, 2.05) is 0 Å². The van der Waals surface area contributed by atoms with Gasteiger partial charge in [0.15, 0.2) is 0 Å². The van der Waals surface area contributed by atoms with Crippen molar-refractivity contribution in [2.24, 2.45) is 0 Å². The molecule has 0 amide bonds. The van der Waals surface area contributed by atoms with Crippen molar-refractivity contribution < 1.29 is 0 Å². The van der Waals surface area contributed by atoms with E-state index in [1.165, 1.54) is 119 Å². The third-order valence-electron chi connectivity index (χ3n) is 15.0. The molecule has 2 bridgehead atoms. The zero-order valence-electron chi connectivity index (χ0n) is 33.3. The van der Waals surface area contributed by atoms with E-state index in [0.717, 1.165) is 15.7 Å². The van der Waals surface area contributed by atoms with Gasteiger partial charge in [-0.15, -0.1) is 5.18 Å². The first kappa shape index (κ1) is 33.3. The SMILES string of the molecule is C1#S23C4C[C@H]2CC1(c1ccccc1N(c1cccc(-c2cccc(-n5c6ccccc6c6ccccc65)c2)c1)c1ccc2c5ccccc5c5ccccc5c2c1)C[C@@H]3C4. The summed E-state index contributed by atoms with van der Waals surface area (Å²) in [6, 6.07) is 70.4. The lowest BCUT2D eigenvalue weighted by Crippen LogP contribution is -2.54. The normalized spacial score (nSPS) is 23.4. The number of aromatic nitrogens is 1. The Morgan fingerprint density at radius 1 is 0.450 bits per heavy atom. The van der Waals surface area contributed by atoms with Gasteiger partial charge in [0.2, 0.25) is 0 Å².